The van der Waals surface area contributed by atoms with Gasteiger partial charge in [-0.15, -0.1) is 0 Å². The molecular formula is C9H13N3O5S. The first-order chi connectivity index (χ1) is 8.37. The number of aromatic nitrogens is 2. The summed E-state index contributed by atoms with van der Waals surface area (Å²) >= 11 is 0. The number of hydrogen-bond acceptors (Lipinski definition) is 5. The SMILES string of the molecule is O=C(O)Cn1cc(S(=O)(=O)NC2(CO)CC2)cn1. The molecule has 1 aromatic rings. The van der Waals surface area contributed by atoms with Gasteiger partial charge in [-0.25, -0.2) is 13.1 Å². The average molecular weight is 275 g/mol. The topological polar surface area (TPSA) is 122 Å². The maximum Gasteiger partial charge on any atom is 0.325 e. The second kappa shape index (κ2) is 4.34. The molecule has 0 atom stereocenters. The highest BCUT2D eigenvalue weighted by molar-refractivity contribution is 7.89. The molecule has 2 rings (SSSR count). The summed E-state index contributed by atoms with van der Waals surface area (Å²) in [4.78, 5) is 10.3. The fourth-order valence-corrected chi connectivity index (χ4v) is 2.90. The van der Waals surface area contributed by atoms with E-state index in [9.17, 15) is 13.2 Å². The number of aliphatic hydroxyl groups excluding tert-OH is 1. The van der Waals surface area contributed by atoms with Gasteiger partial charge in [0.25, 0.3) is 0 Å². The fraction of sp³-hybridized carbons (Fsp3) is 0.556. The van der Waals surface area contributed by atoms with Crippen LogP contribution < -0.4 is 4.72 Å². The van der Waals surface area contributed by atoms with Gasteiger partial charge in [0, 0.05) is 6.20 Å². The Morgan fingerprint density at radius 1 is 1.56 bits per heavy atom. The van der Waals surface area contributed by atoms with Crippen LogP contribution in [0.5, 0.6) is 0 Å². The molecule has 1 aliphatic rings. The summed E-state index contributed by atoms with van der Waals surface area (Å²) < 4.78 is 27.3. The summed E-state index contributed by atoms with van der Waals surface area (Å²) in [6, 6.07) is 0. The highest BCUT2D eigenvalue weighted by atomic mass is 32.2. The van der Waals surface area contributed by atoms with Crippen LogP contribution in [0.3, 0.4) is 0 Å². The molecular weight excluding hydrogens is 262 g/mol. The van der Waals surface area contributed by atoms with Crippen molar-refractivity contribution in [1.82, 2.24) is 14.5 Å². The van der Waals surface area contributed by atoms with Crippen LogP contribution in [0.15, 0.2) is 17.3 Å². The van der Waals surface area contributed by atoms with E-state index >= 15 is 0 Å². The van der Waals surface area contributed by atoms with Crippen LogP contribution >= 0.6 is 0 Å². The smallest absolute Gasteiger partial charge is 0.325 e. The molecule has 8 nitrogen and oxygen atoms in total. The number of hydrogen-bond donors (Lipinski definition) is 3. The molecule has 18 heavy (non-hydrogen) atoms. The molecule has 0 bridgehead atoms. The minimum Gasteiger partial charge on any atom is -0.480 e. The molecule has 9 heteroatoms. The Hall–Kier alpha value is -1.45. The average Bonchev–Trinajstić information content (AvgIpc) is 2.85. The Bertz CT molecular complexity index is 561. The van der Waals surface area contributed by atoms with Crippen molar-refractivity contribution in [1.29, 1.82) is 0 Å². The Morgan fingerprint density at radius 2 is 2.22 bits per heavy atom. The van der Waals surface area contributed by atoms with Gasteiger partial charge in [0.2, 0.25) is 10.0 Å². The van der Waals surface area contributed by atoms with Crippen molar-refractivity contribution in [2.24, 2.45) is 0 Å². The number of nitrogens with zero attached hydrogens (tertiary/aromatic N) is 2. The van der Waals surface area contributed by atoms with E-state index in [1.165, 1.54) is 0 Å². The first-order valence-corrected chi connectivity index (χ1v) is 6.74. The molecule has 3 N–H and O–H groups in total. The van der Waals surface area contributed by atoms with Crippen molar-refractivity contribution in [3.63, 3.8) is 0 Å². The summed E-state index contributed by atoms with van der Waals surface area (Å²) in [5.74, 6) is -1.11. The molecule has 0 aliphatic heterocycles. The Morgan fingerprint density at radius 3 is 2.72 bits per heavy atom. The van der Waals surface area contributed by atoms with Crippen LogP contribution in [0.25, 0.3) is 0 Å². The molecule has 1 fully saturated rings. The lowest BCUT2D eigenvalue weighted by molar-refractivity contribution is -0.137. The summed E-state index contributed by atoms with van der Waals surface area (Å²) in [6.07, 6.45) is 3.40. The molecule has 0 aromatic carbocycles. The monoisotopic (exact) mass is 275 g/mol. The number of rotatable bonds is 6. The third-order valence-corrected chi connectivity index (χ3v) is 4.26. The van der Waals surface area contributed by atoms with Crippen LogP contribution in [0.1, 0.15) is 12.8 Å². The van der Waals surface area contributed by atoms with E-state index in [0.717, 1.165) is 17.1 Å². The van der Waals surface area contributed by atoms with Crippen molar-refractivity contribution in [2.75, 3.05) is 6.61 Å². The zero-order valence-corrected chi connectivity index (χ0v) is 10.2. The summed E-state index contributed by atoms with van der Waals surface area (Å²) in [5, 5.41) is 21.3. The van der Waals surface area contributed by atoms with Crippen LogP contribution in [0.4, 0.5) is 0 Å². The first-order valence-electron chi connectivity index (χ1n) is 5.26. The Balaban J connectivity index is 2.15. The van der Waals surface area contributed by atoms with E-state index in [4.69, 9.17) is 10.2 Å². The number of nitrogens with one attached hydrogen (secondary N) is 1. The number of carboxylic acid groups (broad SMARTS) is 1. The molecule has 1 aromatic heterocycles. The van der Waals surface area contributed by atoms with Gasteiger partial charge in [-0.3, -0.25) is 9.48 Å². The van der Waals surface area contributed by atoms with E-state index in [2.05, 4.69) is 9.82 Å². The molecule has 0 saturated heterocycles. The molecule has 1 aliphatic carbocycles. The van der Waals surface area contributed by atoms with Crippen molar-refractivity contribution in [3.05, 3.63) is 12.4 Å². The largest absolute Gasteiger partial charge is 0.480 e. The van der Waals surface area contributed by atoms with E-state index in [1.807, 2.05) is 0 Å². The molecule has 1 saturated carbocycles. The molecule has 0 unspecified atom stereocenters. The zero-order chi connectivity index (χ0) is 13.4. The number of sulfonamides is 1. The maximum absolute atomic E-state index is 11.9. The van der Waals surface area contributed by atoms with Crippen LogP contribution in [-0.4, -0.2) is 46.5 Å². The number of aliphatic hydroxyl groups is 1. The van der Waals surface area contributed by atoms with Crippen molar-refractivity contribution in [2.45, 2.75) is 29.8 Å². The Labute approximate surface area is 103 Å². The van der Waals surface area contributed by atoms with Crippen molar-refractivity contribution < 1.29 is 23.4 Å². The maximum atomic E-state index is 11.9. The lowest BCUT2D eigenvalue weighted by atomic mass is 10.3. The van der Waals surface area contributed by atoms with E-state index < -0.39 is 28.1 Å². The van der Waals surface area contributed by atoms with Gasteiger partial charge >= 0.3 is 5.97 Å². The minimum atomic E-state index is -3.77. The van der Waals surface area contributed by atoms with E-state index in [0.29, 0.717) is 12.8 Å². The molecule has 0 radical (unpaired) electrons. The van der Waals surface area contributed by atoms with Gasteiger partial charge < -0.3 is 10.2 Å². The van der Waals surface area contributed by atoms with Crippen molar-refractivity contribution in [3.8, 4) is 0 Å². The molecule has 100 valence electrons. The second-order valence-electron chi connectivity index (χ2n) is 4.31. The zero-order valence-electron chi connectivity index (χ0n) is 9.40. The Kier molecular flexibility index (Phi) is 3.13. The van der Waals surface area contributed by atoms with Crippen LogP contribution in [0.2, 0.25) is 0 Å². The van der Waals surface area contributed by atoms with Gasteiger partial charge in [0.15, 0.2) is 0 Å². The van der Waals surface area contributed by atoms with E-state index in [1.54, 1.807) is 0 Å². The molecule has 0 spiro atoms. The molecule has 0 amide bonds. The van der Waals surface area contributed by atoms with Crippen LogP contribution in [-0.2, 0) is 21.4 Å². The highest BCUT2D eigenvalue weighted by Gasteiger charge is 2.45. The molecule has 1 heterocycles. The third kappa shape index (κ3) is 2.68. The summed E-state index contributed by atoms with van der Waals surface area (Å²) in [6.45, 7) is -0.657. The summed E-state index contributed by atoms with van der Waals surface area (Å²) in [7, 11) is -3.77. The van der Waals surface area contributed by atoms with Gasteiger partial charge in [-0.2, -0.15) is 5.10 Å². The highest BCUT2D eigenvalue weighted by Crippen LogP contribution is 2.36. The normalized spacial score (nSPS) is 17.6. The van der Waals surface area contributed by atoms with E-state index in [-0.39, 0.29) is 11.5 Å². The quantitative estimate of drug-likeness (QED) is 0.597. The lowest BCUT2D eigenvalue weighted by Gasteiger charge is -2.13. The van der Waals surface area contributed by atoms with Crippen molar-refractivity contribution >= 4 is 16.0 Å². The van der Waals surface area contributed by atoms with Gasteiger partial charge in [0.05, 0.1) is 18.3 Å². The summed E-state index contributed by atoms with van der Waals surface area (Å²) in [5.41, 5.74) is -0.756. The predicted octanol–water partition coefficient (Wildman–Crippen LogP) is -1.23. The number of carbonyl (C=O) groups is 1. The fourth-order valence-electron chi connectivity index (χ4n) is 1.50. The lowest BCUT2D eigenvalue weighted by Crippen LogP contribution is -2.39. The second-order valence-corrected chi connectivity index (χ2v) is 5.99. The third-order valence-electron chi connectivity index (χ3n) is 2.72. The number of carboxylic acids is 1. The van der Waals surface area contributed by atoms with Gasteiger partial charge in [0.1, 0.15) is 11.4 Å². The minimum absolute atomic E-state index is 0.108. The predicted molar refractivity (Wildman–Crippen MR) is 59.2 cm³/mol. The first kappa shape index (κ1) is 13.0. The van der Waals surface area contributed by atoms with Crippen LogP contribution in [0, 0.1) is 0 Å². The standard InChI is InChI=1S/C9H13N3O5S/c13-6-9(1-2-9)11-18(16,17)7-3-10-12(4-7)5-8(14)15/h3-4,11,13H,1-2,5-6H2,(H,14,15). The van der Waals surface area contributed by atoms with Gasteiger partial charge in [-0.1, -0.05) is 0 Å². The number of aliphatic carboxylic acids is 1. The van der Waals surface area contributed by atoms with Gasteiger partial charge in [-0.05, 0) is 12.8 Å².